The number of hydrogen-bond acceptors (Lipinski definition) is 2. The first-order valence-corrected chi connectivity index (χ1v) is 10.7. The van der Waals surface area contributed by atoms with E-state index in [9.17, 15) is 5.11 Å². The van der Waals surface area contributed by atoms with Crippen molar-refractivity contribution in [2.75, 3.05) is 7.05 Å². The van der Waals surface area contributed by atoms with Crippen LogP contribution in [0.3, 0.4) is 0 Å². The Morgan fingerprint density at radius 1 is 0.690 bits per heavy atom. The number of phenolic OH excluding ortho intramolecular Hbond substituents is 1. The van der Waals surface area contributed by atoms with Gasteiger partial charge in [0.25, 0.3) is 0 Å². The second-order valence-corrected chi connectivity index (χ2v) is 8.29. The third-order valence-electron chi connectivity index (χ3n) is 4.96. The highest BCUT2D eigenvalue weighted by Gasteiger charge is 2.14. The molecule has 2 nitrogen and oxygen atoms in total. The zero-order valence-electron chi connectivity index (χ0n) is 16.4. The van der Waals surface area contributed by atoms with Gasteiger partial charge in [0.05, 0.1) is 0 Å². The molecule has 0 aromatic heterocycles. The lowest BCUT2D eigenvalue weighted by atomic mass is 9.98. The van der Waals surface area contributed by atoms with E-state index in [4.69, 9.17) is 0 Å². The van der Waals surface area contributed by atoms with E-state index in [-0.39, 0.29) is 0 Å². The molecule has 0 saturated carbocycles. The Labute approximate surface area is 174 Å². The SMILES string of the molecule is CNCc1ccccc1Pc1cc(-c2ccccc2)cc(-c2ccccc2)c1O. The van der Waals surface area contributed by atoms with Gasteiger partial charge in [-0.1, -0.05) is 93.5 Å². The highest BCUT2D eigenvalue weighted by atomic mass is 31.1. The number of nitrogens with one attached hydrogen (secondary N) is 1. The molecule has 144 valence electrons. The fraction of sp³-hybridized carbons (Fsp3) is 0.0769. The minimum Gasteiger partial charge on any atom is -0.507 e. The number of rotatable bonds is 6. The summed E-state index contributed by atoms with van der Waals surface area (Å²) >= 11 is 0. The third kappa shape index (κ3) is 4.40. The van der Waals surface area contributed by atoms with Crippen LogP contribution in [0.1, 0.15) is 5.56 Å². The molecule has 0 saturated heterocycles. The molecule has 3 heteroatoms. The Balaban J connectivity index is 1.85. The summed E-state index contributed by atoms with van der Waals surface area (Å²) in [5, 5.41) is 16.6. The summed E-state index contributed by atoms with van der Waals surface area (Å²) in [5.41, 5.74) is 5.44. The standard InChI is InChI=1S/C26H24NOP/c1-27-18-21-14-8-9-15-24(21)29-25-17-22(19-10-4-2-5-11-19)16-23(26(25)28)20-12-6-3-7-13-20/h2-17,27-29H,18H2,1H3. The number of benzene rings is 4. The first kappa shape index (κ1) is 19.4. The van der Waals surface area contributed by atoms with Crippen LogP contribution in [0.5, 0.6) is 5.75 Å². The molecule has 0 heterocycles. The van der Waals surface area contributed by atoms with Crippen molar-refractivity contribution in [3.05, 3.63) is 103 Å². The van der Waals surface area contributed by atoms with Gasteiger partial charge in [0.2, 0.25) is 0 Å². The third-order valence-corrected chi connectivity index (χ3v) is 6.36. The molecule has 1 atom stereocenters. The van der Waals surface area contributed by atoms with Gasteiger partial charge >= 0.3 is 0 Å². The van der Waals surface area contributed by atoms with Crippen molar-refractivity contribution in [3.63, 3.8) is 0 Å². The molecule has 0 amide bonds. The molecule has 0 spiro atoms. The van der Waals surface area contributed by atoms with E-state index in [1.54, 1.807) is 0 Å². The van der Waals surface area contributed by atoms with Crippen LogP contribution in [0.4, 0.5) is 0 Å². The number of aromatic hydroxyl groups is 1. The lowest BCUT2D eigenvalue weighted by molar-refractivity contribution is 0.482. The summed E-state index contributed by atoms with van der Waals surface area (Å²) in [5.74, 6) is 0.369. The Kier molecular flexibility index (Phi) is 6.05. The molecule has 0 bridgehead atoms. The summed E-state index contributed by atoms with van der Waals surface area (Å²) in [6.07, 6.45) is 0. The summed E-state index contributed by atoms with van der Waals surface area (Å²) < 4.78 is 0. The average Bonchev–Trinajstić information content (AvgIpc) is 2.78. The van der Waals surface area contributed by atoms with Gasteiger partial charge in [-0.3, -0.25) is 0 Å². The summed E-state index contributed by atoms with van der Waals surface area (Å²) in [6, 6.07) is 33.1. The van der Waals surface area contributed by atoms with E-state index in [1.165, 1.54) is 10.9 Å². The summed E-state index contributed by atoms with van der Waals surface area (Å²) in [6.45, 7) is 0.813. The van der Waals surface area contributed by atoms with Gasteiger partial charge in [-0.2, -0.15) is 0 Å². The molecule has 29 heavy (non-hydrogen) atoms. The highest BCUT2D eigenvalue weighted by molar-refractivity contribution is 7.56. The fourth-order valence-electron chi connectivity index (χ4n) is 3.50. The molecule has 0 aliphatic carbocycles. The maximum Gasteiger partial charge on any atom is 0.131 e. The van der Waals surface area contributed by atoms with Crippen LogP contribution in [0.2, 0.25) is 0 Å². The van der Waals surface area contributed by atoms with Gasteiger partial charge in [-0.05, 0) is 46.7 Å². The predicted octanol–water partition coefficient (Wildman–Crippen LogP) is 5.07. The van der Waals surface area contributed by atoms with Crippen molar-refractivity contribution in [2.24, 2.45) is 0 Å². The summed E-state index contributed by atoms with van der Waals surface area (Å²) in [7, 11) is 2.34. The molecule has 0 radical (unpaired) electrons. The molecular formula is C26H24NOP. The second-order valence-electron chi connectivity index (χ2n) is 6.96. The van der Waals surface area contributed by atoms with Crippen molar-refractivity contribution in [3.8, 4) is 28.0 Å². The maximum atomic E-state index is 11.2. The maximum absolute atomic E-state index is 11.2. The molecule has 2 N–H and O–H groups in total. The minimum atomic E-state index is 0.369. The molecule has 0 aliphatic heterocycles. The zero-order valence-corrected chi connectivity index (χ0v) is 17.4. The zero-order chi connectivity index (χ0) is 20.1. The molecular weight excluding hydrogens is 373 g/mol. The Bertz CT molecular complexity index is 1090. The smallest absolute Gasteiger partial charge is 0.131 e. The van der Waals surface area contributed by atoms with Crippen LogP contribution in [0.15, 0.2) is 97.1 Å². The minimum absolute atomic E-state index is 0.369. The van der Waals surface area contributed by atoms with E-state index in [0.29, 0.717) is 14.3 Å². The quantitative estimate of drug-likeness (QED) is 0.445. The van der Waals surface area contributed by atoms with E-state index in [1.807, 2.05) is 43.4 Å². The van der Waals surface area contributed by atoms with Crippen LogP contribution in [-0.4, -0.2) is 12.2 Å². The van der Waals surface area contributed by atoms with Gasteiger partial charge < -0.3 is 10.4 Å². The summed E-state index contributed by atoms with van der Waals surface area (Å²) in [4.78, 5) is 0. The molecule has 4 aromatic carbocycles. The predicted molar refractivity (Wildman–Crippen MR) is 126 cm³/mol. The molecule has 0 aliphatic rings. The van der Waals surface area contributed by atoms with Crippen molar-refractivity contribution >= 4 is 19.2 Å². The Morgan fingerprint density at radius 3 is 2.00 bits per heavy atom. The monoisotopic (exact) mass is 397 g/mol. The van der Waals surface area contributed by atoms with E-state index in [0.717, 1.165) is 34.1 Å². The van der Waals surface area contributed by atoms with Crippen molar-refractivity contribution < 1.29 is 5.11 Å². The van der Waals surface area contributed by atoms with E-state index >= 15 is 0 Å². The van der Waals surface area contributed by atoms with Crippen molar-refractivity contribution in [1.82, 2.24) is 5.32 Å². The van der Waals surface area contributed by atoms with Crippen LogP contribution < -0.4 is 15.9 Å². The van der Waals surface area contributed by atoms with Gasteiger partial charge in [-0.15, -0.1) is 0 Å². The number of hydrogen-bond donors (Lipinski definition) is 2. The van der Waals surface area contributed by atoms with Gasteiger partial charge in [0.1, 0.15) is 5.75 Å². The second kappa shape index (κ2) is 9.05. The largest absolute Gasteiger partial charge is 0.507 e. The van der Waals surface area contributed by atoms with Crippen molar-refractivity contribution in [1.29, 1.82) is 0 Å². The topological polar surface area (TPSA) is 32.3 Å². The Morgan fingerprint density at radius 2 is 1.31 bits per heavy atom. The van der Waals surface area contributed by atoms with E-state index < -0.39 is 0 Å². The first-order valence-electron chi connectivity index (χ1n) is 9.73. The van der Waals surface area contributed by atoms with Crippen LogP contribution in [0.25, 0.3) is 22.3 Å². The fourth-order valence-corrected chi connectivity index (χ4v) is 4.78. The van der Waals surface area contributed by atoms with Crippen LogP contribution in [-0.2, 0) is 6.54 Å². The normalized spacial score (nSPS) is 11.2. The lowest BCUT2D eigenvalue weighted by Gasteiger charge is -2.16. The molecule has 0 fully saturated rings. The molecule has 1 unspecified atom stereocenters. The first-order chi connectivity index (χ1) is 14.3. The van der Waals surface area contributed by atoms with Gasteiger partial charge in [-0.25, -0.2) is 0 Å². The lowest BCUT2D eigenvalue weighted by Crippen LogP contribution is -2.15. The van der Waals surface area contributed by atoms with Crippen LogP contribution >= 0.6 is 8.58 Å². The highest BCUT2D eigenvalue weighted by Crippen LogP contribution is 2.35. The molecule has 4 aromatic rings. The molecule has 4 rings (SSSR count). The van der Waals surface area contributed by atoms with Crippen molar-refractivity contribution in [2.45, 2.75) is 6.54 Å². The van der Waals surface area contributed by atoms with Gasteiger partial charge in [0, 0.05) is 17.4 Å². The number of phenols is 1. The van der Waals surface area contributed by atoms with Crippen LogP contribution in [0, 0.1) is 0 Å². The van der Waals surface area contributed by atoms with Gasteiger partial charge in [0.15, 0.2) is 0 Å². The van der Waals surface area contributed by atoms with E-state index in [2.05, 4.69) is 66.0 Å². The Hall–Kier alpha value is -2.93. The average molecular weight is 397 g/mol.